The molecule has 6 nitrogen and oxygen atoms in total. The number of carbonyl (C=O) groups excluding carboxylic acids is 3. The van der Waals surface area contributed by atoms with Gasteiger partial charge < -0.3 is 5.32 Å². The van der Waals surface area contributed by atoms with Gasteiger partial charge in [0, 0.05) is 22.4 Å². The quantitative estimate of drug-likeness (QED) is 0.213. The van der Waals surface area contributed by atoms with Gasteiger partial charge >= 0.3 is 0 Å². The molecule has 0 bridgehead atoms. The first-order valence-corrected chi connectivity index (χ1v) is 11.8. The van der Waals surface area contributed by atoms with Gasteiger partial charge in [0.25, 0.3) is 5.91 Å². The fourth-order valence-electron chi connectivity index (χ4n) is 3.76. The van der Waals surface area contributed by atoms with Crippen LogP contribution in [-0.2, 0) is 6.42 Å². The van der Waals surface area contributed by atoms with Crippen LogP contribution in [0.15, 0.2) is 107 Å². The lowest BCUT2D eigenvalue weighted by molar-refractivity contribution is 0.0979. The van der Waals surface area contributed by atoms with Crippen molar-refractivity contribution in [3.8, 4) is 0 Å². The van der Waals surface area contributed by atoms with Gasteiger partial charge in [-0.05, 0) is 86.0 Å². The van der Waals surface area contributed by atoms with Crippen LogP contribution in [0.2, 0.25) is 0 Å². The van der Waals surface area contributed by atoms with Crippen LogP contribution in [0.1, 0.15) is 56.0 Å². The molecule has 0 unspecified atom stereocenters. The van der Waals surface area contributed by atoms with Crippen molar-refractivity contribution in [2.75, 3.05) is 5.32 Å². The van der Waals surface area contributed by atoms with E-state index in [0.29, 0.717) is 16.8 Å². The van der Waals surface area contributed by atoms with Crippen LogP contribution in [0, 0.1) is 0 Å². The molecule has 0 saturated carbocycles. The number of hydrogen-bond donors (Lipinski definition) is 1. The summed E-state index contributed by atoms with van der Waals surface area (Å²) in [6, 6.07) is 32.2. The number of carbonyl (C=O) groups is 3. The standard InChI is InChI=1S/C31H25N3O3/c1-21(35)29-17-12-25(19-30(29)22(2)36)31(37)34-28-15-10-24(11-16-28)18-23-8-13-27(14-9-23)33-20-32-26-6-4-3-5-7-26/h3-17,19H,18H2,1-2H3,(H,34,37). The molecule has 0 atom stereocenters. The third kappa shape index (κ3) is 6.82. The highest BCUT2D eigenvalue weighted by atomic mass is 16.2. The zero-order valence-corrected chi connectivity index (χ0v) is 20.6. The third-order valence-electron chi connectivity index (χ3n) is 5.71. The molecule has 0 saturated heterocycles. The van der Waals surface area contributed by atoms with Crippen molar-refractivity contribution < 1.29 is 14.4 Å². The Balaban J connectivity index is 1.37. The van der Waals surface area contributed by atoms with Gasteiger partial charge in [0.1, 0.15) is 6.01 Å². The molecule has 4 aromatic carbocycles. The van der Waals surface area contributed by atoms with Gasteiger partial charge in [0.2, 0.25) is 0 Å². The Morgan fingerprint density at radius 3 is 1.84 bits per heavy atom. The first kappa shape index (κ1) is 25.2. The molecule has 0 aliphatic rings. The summed E-state index contributed by atoms with van der Waals surface area (Å²) in [5.41, 5.74) is 5.29. The van der Waals surface area contributed by atoms with Crippen molar-refractivity contribution in [2.45, 2.75) is 20.3 Å². The van der Waals surface area contributed by atoms with E-state index < -0.39 is 0 Å². The van der Waals surface area contributed by atoms with Crippen LogP contribution in [-0.4, -0.2) is 23.5 Å². The van der Waals surface area contributed by atoms with E-state index in [4.69, 9.17) is 0 Å². The number of rotatable bonds is 8. The van der Waals surface area contributed by atoms with Gasteiger partial charge in [0.15, 0.2) is 11.6 Å². The highest BCUT2D eigenvalue weighted by Crippen LogP contribution is 2.19. The first-order valence-electron chi connectivity index (χ1n) is 11.8. The Bertz CT molecular complexity index is 1500. The van der Waals surface area contributed by atoms with Crippen molar-refractivity contribution in [2.24, 2.45) is 9.98 Å². The molecule has 0 aliphatic heterocycles. The molecule has 0 heterocycles. The van der Waals surface area contributed by atoms with Crippen molar-refractivity contribution in [3.63, 3.8) is 0 Å². The van der Waals surface area contributed by atoms with Gasteiger partial charge in [-0.25, -0.2) is 0 Å². The minimum Gasteiger partial charge on any atom is -0.322 e. The molecule has 37 heavy (non-hydrogen) atoms. The molecule has 6 heteroatoms. The summed E-state index contributed by atoms with van der Waals surface area (Å²) in [4.78, 5) is 44.8. The van der Waals surface area contributed by atoms with Crippen LogP contribution < -0.4 is 5.32 Å². The van der Waals surface area contributed by atoms with Crippen molar-refractivity contribution >= 4 is 40.5 Å². The molecule has 0 aromatic heterocycles. The fourth-order valence-corrected chi connectivity index (χ4v) is 3.76. The average Bonchev–Trinajstić information content (AvgIpc) is 2.91. The molecule has 4 aromatic rings. The minimum absolute atomic E-state index is 0.216. The number of Topliss-reactive ketones (excluding diaryl/α,β-unsaturated/α-hetero) is 2. The Morgan fingerprint density at radius 2 is 1.24 bits per heavy atom. The zero-order valence-electron chi connectivity index (χ0n) is 20.6. The van der Waals surface area contributed by atoms with E-state index in [1.807, 2.05) is 78.9 Å². The number of aliphatic imine (C=N–C) groups is 2. The Labute approximate surface area is 215 Å². The third-order valence-corrected chi connectivity index (χ3v) is 5.71. The molecular formula is C31H25N3O3. The molecule has 182 valence electrons. The molecule has 0 aliphatic carbocycles. The first-order chi connectivity index (χ1) is 17.9. The van der Waals surface area contributed by atoms with Crippen LogP contribution in [0.4, 0.5) is 17.1 Å². The van der Waals surface area contributed by atoms with E-state index >= 15 is 0 Å². The van der Waals surface area contributed by atoms with Crippen LogP contribution in [0.5, 0.6) is 0 Å². The normalized spacial score (nSPS) is 10.2. The second kappa shape index (κ2) is 11.7. The Morgan fingerprint density at radius 1 is 0.676 bits per heavy atom. The number of amides is 1. The molecule has 0 radical (unpaired) electrons. The molecule has 1 amide bonds. The van der Waals surface area contributed by atoms with Crippen LogP contribution in [0.3, 0.4) is 0 Å². The lowest BCUT2D eigenvalue weighted by Gasteiger charge is -2.09. The zero-order chi connectivity index (χ0) is 26.2. The summed E-state index contributed by atoms with van der Waals surface area (Å²) in [5.74, 6) is -0.825. The summed E-state index contributed by atoms with van der Waals surface area (Å²) in [6.45, 7) is 2.77. The van der Waals surface area contributed by atoms with E-state index in [1.54, 1.807) is 6.07 Å². The van der Waals surface area contributed by atoms with Gasteiger partial charge in [-0.3, -0.25) is 14.4 Å². The molecule has 0 fully saturated rings. The predicted molar refractivity (Wildman–Crippen MR) is 146 cm³/mol. The number of ketones is 2. The number of nitrogens with one attached hydrogen (secondary N) is 1. The van der Waals surface area contributed by atoms with E-state index in [1.165, 1.54) is 26.0 Å². The fraction of sp³-hybridized carbons (Fsp3) is 0.0968. The average molecular weight is 488 g/mol. The van der Waals surface area contributed by atoms with Crippen molar-refractivity contribution in [1.82, 2.24) is 0 Å². The Kier molecular flexibility index (Phi) is 7.94. The maximum absolute atomic E-state index is 12.7. The number of para-hydroxylation sites is 1. The summed E-state index contributed by atoms with van der Waals surface area (Å²) in [7, 11) is 0. The van der Waals surface area contributed by atoms with Crippen LogP contribution in [0.25, 0.3) is 0 Å². The Hall–Kier alpha value is -4.93. The number of benzene rings is 4. The summed E-state index contributed by atoms with van der Waals surface area (Å²) < 4.78 is 0. The molecule has 0 spiro atoms. The van der Waals surface area contributed by atoms with Gasteiger partial charge in [-0.1, -0.05) is 42.5 Å². The van der Waals surface area contributed by atoms with E-state index in [0.717, 1.165) is 28.9 Å². The molecular weight excluding hydrogens is 462 g/mol. The summed E-state index contributed by atoms with van der Waals surface area (Å²) in [6.07, 6.45) is 0.727. The van der Waals surface area contributed by atoms with E-state index in [2.05, 4.69) is 21.3 Å². The highest BCUT2D eigenvalue weighted by molar-refractivity contribution is 6.11. The van der Waals surface area contributed by atoms with Crippen molar-refractivity contribution in [3.05, 3.63) is 125 Å². The van der Waals surface area contributed by atoms with Gasteiger partial charge in [0.05, 0.1) is 11.4 Å². The molecule has 4 rings (SSSR count). The van der Waals surface area contributed by atoms with E-state index in [9.17, 15) is 14.4 Å². The highest BCUT2D eigenvalue weighted by Gasteiger charge is 2.15. The lowest BCUT2D eigenvalue weighted by atomic mass is 9.98. The smallest absolute Gasteiger partial charge is 0.255 e. The number of anilines is 1. The maximum Gasteiger partial charge on any atom is 0.255 e. The summed E-state index contributed by atoms with van der Waals surface area (Å²) >= 11 is 0. The summed E-state index contributed by atoms with van der Waals surface area (Å²) in [5, 5.41) is 2.84. The number of hydrogen-bond acceptors (Lipinski definition) is 5. The largest absolute Gasteiger partial charge is 0.322 e. The maximum atomic E-state index is 12.7. The van der Waals surface area contributed by atoms with Crippen molar-refractivity contribution in [1.29, 1.82) is 0 Å². The number of nitrogens with zero attached hydrogens (tertiary/aromatic N) is 2. The topological polar surface area (TPSA) is 88.0 Å². The second-order valence-electron chi connectivity index (χ2n) is 8.53. The molecule has 1 N–H and O–H groups in total. The monoisotopic (exact) mass is 487 g/mol. The lowest BCUT2D eigenvalue weighted by Crippen LogP contribution is -2.14. The second-order valence-corrected chi connectivity index (χ2v) is 8.53. The predicted octanol–water partition coefficient (Wildman–Crippen LogP) is 7.07. The van der Waals surface area contributed by atoms with Gasteiger partial charge in [-0.2, -0.15) is 9.98 Å². The van der Waals surface area contributed by atoms with E-state index in [-0.39, 0.29) is 23.0 Å². The van der Waals surface area contributed by atoms with Gasteiger partial charge in [-0.15, -0.1) is 0 Å². The SMILES string of the molecule is CC(=O)c1ccc(C(=O)Nc2ccc(Cc3ccc(N=C=Nc4ccccc4)cc3)cc2)cc1C(C)=O. The minimum atomic E-state index is -0.350. The van der Waals surface area contributed by atoms with Crippen LogP contribution >= 0.6 is 0 Å².